The number of aryl methyl sites for hydroxylation is 1. The van der Waals surface area contributed by atoms with Crippen molar-refractivity contribution in [1.29, 1.82) is 0 Å². The van der Waals surface area contributed by atoms with Crippen molar-refractivity contribution in [2.75, 3.05) is 32.1 Å². The van der Waals surface area contributed by atoms with Gasteiger partial charge in [-0.15, -0.1) is 0 Å². The van der Waals surface area contributed by atoms with E-state index in [1.54, 1.807) is 4.90 Å². The Bertz CT molecular complexity index is 907. The Morgan fingerprint density at radius 3 is 2.64 bits per heavy atom. The van der Waals surface area contributed by atoms with Crippen LogP contribution < -0.4 is 4.90 Å². The smallest absolute Gasteiger partial charge is 0.260 e. The first-order valence-electron chi connectivity index (χ1n) is 8.04. The zero-order valence-electron chi connectivity index (χ0n) is 14.5. The van der Waals surface area contributed by atoms with Gasteiger partial charge in [0.2, 0.25) is 0 Å². The molecule has 0 radical (unpaired) electrons. The Labute approximate surface area is 156 Å². The van der Waals surface area contributed by atoms with Gasteiger partial charge >= 0.3 is 0 Å². The maximum absolute atomic E-state index is 13.2. The molecule has 0 saturated carbocycles. The molecule has 0 unspecified atom stereocenters. The van der Waals surface area contributed by atoms with Gasteiger partial charge in [-0.05, 0) is 50.8 Å². The highest BCUT2D eigenvalue weighted by Gasteiger charge is 2.22. The Morgan fingerprint density at radius 2 is 1.92 bits per heavy atom. The van der Waals surface area contributed by atoms with Crippen molar-refractivity contribution in [2.45, 2.75) is 6.92 Å². The van der Waals surface area contributed by atoms with Gasteiger partial charge in [-0.3, -0.25) is 9.69 Å². The van der Waals surface area contributed by atoms with Crippen LogP contribution >= 0.6 is 22.9 Å². The molecule has 4 nitrogen and oxygen atoms in total. The molecule has 0 bridgehead atoms. The second-order valence-corrected chi connectivity index (χ2v) is 7.63. The average molecular weight is 374 g/mol. The normalized spacial score (nSPS) is 11.2. The summed E-state index contributed by atoms with van der Waals surface area (Å²) in [6, 6.07) is 13.2. The molecule has 0 spiro atoms. The van der Waals surface area contributed by atoms with Crippen LogP contribution in [0.2, 0.25) is 5.02 Å². The molecule has 3 rings (SSSR count). The van der Waals surface area contributed by atoms with Crippen LogP contribution in [0.3, 0.4) is 0 Å². The number of hydrogen-bond acceptors (Lipinski definition) is 4. The summed E-state index contributed by atoms with van der Waals surface area (Å²) >= 11 is 7.57. The Balaban J connectivity index is 2.01. The maximum atomic E-state index is 13.2. The number of halogens is 1. The van der Waals surface area contributed by atoms with Crippen molar-refractivity contribution >= 4 is 44.2 Å². The lowest BCUT2D eigenvalue weighted by atomic mass is 10.1. The highest BCUT2D eigenvalue weighted by Crippen LogP contribution is 2.31. The molecule has 25 heavy (non-hydrogen) atoms. The van der Waals surface area contributed by atoms with Crippen LogP contribution in [0.1, 0.15) is 15.9 Å². The number of anilines is 1. The van der Waals surface area contributed by atoms with Gasteiger partial charge in [-0.25, -0.2) is 4.98 Å². The summed E-state index contributed by atoms with van der Waals surface area (Å²) in [5, 5.41) is 1.38. The predicted octanol–water partition coefficient (Wildman–Crippen LogP) is 4.47. The van der Waals surface area contributed by atoms with Crippen LogP contribution in [0.15, 0.2) is 42.5 Å². The van der Waals surface area contributed by atoms with Crippen molar-refractivity contribution in [1.82, 2.24) is 9.88 Å². The lowest BCUT2D eigenvalue weighted by Crippen LogP contribution is -2.37. The zero-order valence-corrected chi connectivity index (χ0v) is 16.1. The third-order valence-electron chi connectivity index (χ3n) is 3.96. The molecule has 0 aliphatic heterocycles. The predicted molar refractivity (Wildman–Crippen MR) is 106 cm³/mol. The summed E-state index contributed by atoms with van der Waals surface area (Å²) in [5.41, 5.74) is 2.53. The van der Waals surface area contributed by atoms with Crippen molar-refractivity contribution in [3.63, 3.8) is 0 Å². The number of hydrogen-bond donors (Lipinski definition) is 0. The molecule has 6 heteroatoms. The van der Waals surface area contributed by atoms with Gasteiger partial charge in [0, 0.05) is 23.7 Å². The van der Waals surface area contributed by atoms with E-state index in [-0.39, 0.29) is 5.91 Å². The fourth-order valence-electron chi connectivity index (χ4n) is 2.54. The Hall–Kier alpha value is -1.95. The van der Waals surface area contributed by atoms with Crippen molar-refractivity contribution in [3.8, 4) is 0 Å². The highest BCUT2D eigenvalue weighted by molar-refractivity contribution is 7.22. The molecule has 0 fully saturated rings. The monoisotopic (exact) mass is 373 g/mol. The van der Waals surface area contributed by atoms with E-state index in [4.69, 9.17) is 11.6 Å². The second kappa shape index (κ2) is 7.52. The van der Waals surface area contributed by atoms with Crippen LogP contribution in [0, 0.1) is 6.92 Å². The quantitative estimate of drug-likeness (QED) is 0.662. The van der Waals surface area contributed by atoms with Crippen LogP contribution in [-0.4, -0.2) is 43.0 Å². The van der Waals surface area contributed by atoms with Gasteiger partial charge < -0.3 is 4.90 Å². The number of benzene rings is 2. The molecule has 0 atom stereocenters. The summed E-state index contributed by atoms with van der Waals surface area (Å²) in [6.45, 7) is 3.29. The summed E-state index contributed by atoms with van der Waals surface area (Å²) < 4.78 is 0.981. The molecule has 2 aromatic carbocycles. The Kier molecular flexibility index (Phi) is 5.37. The van der Waals surface area contributed by atoms with Crippen LogP contribution in [-0.2, 0) is 0 Å². The highest BCUT2D eigenvalue weighted by atomic mass is 35.5. The van der Waals surface area contributed by atoms with Crippen molar-refractivity contribution < 1.29 is 4.79 Å². The molecule has 0 aliphatic rings. The summed E-state index contributed by atoms with van der Waals surface area (Å²) in [6.07, 6.45) is 0. The molecule has 1 amide bonds. The first-order valence-corrected chi connectivity index (χ1v) is 9.23. The molecule has 0 saturated heterocycles. The van der Waals surface area contributed by atoms with Gasteiger partial charge in [-0.2, -0.15) is 0 Å². The average Bonchev–Trinajstić information content (AvgIpc) is 2.97. The van der Waals surface area contributed by atoms with E-state index < -0.39 is 0 Å². The van der Waals surface area contributed by atoms with Gasteiger partial charge in [0.1, 0.15) is 0 Å². The van der Waals surface area contributed by atoms with E-state index in [0.29, 0.717) is 22.3 Å². The second-order valence-electron chi connectivity index (χ2n) is 6.18. The number of fused-ring (bicyclic) bond motifs is 1. The molecule has 3 aromatic rings. The first-order chi connectivity index (χ1) is 12.0. The minimum atomic E-state index is -0.0231. The van der Waals surface area contributed by atoms with Crippen LogP contribution in [0.5, 0.6) is 0 Å². The van der Waals surface area contributed by atoms with Crippen molar-refractivity contribution in [3.05, 3.63) is 58.6 Å². The maximum Gasteiger partial charge on any atom is 0.260 e. The number of aromatic nitrogens is 1. The SMILES string of the molecule is Cc1ccccc1C(=O)N(CCN(C)C)c1nc2ccc(Cl)cc2s1. The molecular weight excluding hydrogens is 354 g/mol. The molecule has 0 N–H and O–H groups in total. The number of rotatable bonds is 5. The van der Waals surface area contributed by atoms with Crippen LogP contribution in [0.25, 0.3) is 10.2 Å². The first kappa shape index (κ1) is 17.9. The summed E-state index contributed by atoms with van der Waals surface area (Å²) in [7, 11) is 3.99. The zero-order chi connectivity index (χ0) is 18.0. The molecule has 0 aliphatic carbocycles. The third kappa shape index (κ3) is 4.00. The van der Waals surface area contributed by atoms with Gasteiger partial charge in [-0.1, -0.05) is 41.1 Å². The lowest BCUT2D eigenvalue weighted by Gasteiger charge is -2.22. The number of thiazole rings is 1. The van der Waals surface area contributed by atoms with E-state index in [2.05, 4.69) is 9.88 Å². The topological polar surface area (TPSA) is 36.4 Å². The summed E-state index contributed by atoms with van der Waals surface area (Å²) in [5.74, 6) is -0.0231. The van der Waals surface area contributed by atoms with Gasteiger partial charge in [0.15, 0.2) is 5.13 Å². The van der Waals surface area contributed by atoms with E-state index in [0.717, 1.165) is 22.3 Å². The summed E-state index contributed by atoms with van der Waals surface area (Å²) in [4.78, 5) is 21.6. The fraction of sp³-hybridized carbons (Fsp3) is 0.263. The van der Waals surface area contributed by atoms with E-state index in [1.807, 2.05) is 63.5 Å². The van der Waals surface area contributed by atoms with E-state index in [9.17, 15) is 4.79 Å². The number of nitrogens with zero attached hydrogens (tertiary/aromatic N) is 3. The fourth-order valence-corrected chi connectivity index (χ4v) is 3.81. The van der Waals surface area contributed by atoms with Gasteiger partial charge in [0.25, 0.3) is 5.91 Å². The van der Waals surface area contributed by atoms with E-state index in [1.165, 1.54) is 11.3 Å². The van der Waals surface area contributed by atoms with E-state index >= 15 is 0 Å². The molecule has 1 aromatic heterocycles. The minimum Gasteiger partial charge on any atom is -0.308 e. The lowest BCUT2D eigenvalue weighted by molar-refractivity contribution is 0.0984. The Morgan fingerprint density at radius 1 is 1.16 bits per heavy atom. The number of carbonyl (C=O) groups excluding carboxylic acids is 1. The molecular formula is C19H20ClN3OS. The third-order valence-corrected chi connectivity index (χ3v) is 5.24. The number of likely N-dealkylation sites (N-methyl/N-ethyl adjacent to an activating group) is 1. The minimum absolute atomic E-state index is 0.0231. The number of carbonyl (C=O) groups is 1. The van der Waals surface area contributed by atoms with Gasteiger partial charge in [0.05, 0.1) is 10.2 Å². The molecule has 1 heterocycles. The standard InChI is InChI=1S/C19H20ClN3OS/c1-13-6-4-5-7-15(13)18(24)23(11-10-22(2)3)19-21-16-9-8-14(20)12-17(16)25-19/h4-9,12H,10-11H2,1-3H3. The number of amides is 1. The molecule has 130 valence electrons. The van der Waals surface area contributed by atoms with Crippen LogP contribution in [0.4, 0.5) is 5.13 Å². The largest absolute Gasteiger partial charge is 0.308 e. The van der Waals surface area contributed by atoms with Crippen molar-refractivity contribution in [2.24, 2.45) is 0 Å².